The average Bonchev–Trinajstić information content (AvgIpc) is 1.77. The van der Waals surface area contributed by atoms with Crippen LogP contribution >= 0.6 is 24.0 Å². The minimum atomic E-state index is -0.457. The molecule has 0 aromatic rings. The van der Waals surface area contributed by atoms with Crippen LogP contribution in [0.1, 0.15) is 0 Å². The average molecular weight is 168 g/mol. The number of nitrogens with two attached hydrogens (primary N) is 1. The summed E-state index contributed by atoms with van der Waals surface area (Å²) in [6.45, 7) is 0. The first-order valence-electron chi connectivity index (χ1n) is 2.24. The van der Waals surface area contributed by atoms with Crippen LogP contribution in [-0.2, 0) is 4.74 Å². The largest absolute Gasteiger partial charge is 0.478 e. The number of rotatable bonds is 0. The molecule has 0 amide bonds. The van der Waals surface area contributed by atoms with Crippen molar-refractivity contribution in [1.82, 2.24) is 0 Å². The number of allylic oxidation sites excluding steroid dienone is 2. The Balaban J connectivity index is 0.000000640. The Hall–Kier alpha value is -0.180. The van der Waals surface area contributed by atoms with E-state index in [0.29, 0.717) is 5.03 Å². The lowest BCUT2D eigenvalue weighted by atomic mass is 10.4. The van der Waals surface area contributed by atoms with E-state index < -0.39 is 6.23 Å². The van der Waals surface area contributed by atoms with Gasteiger partial charge < -0.3 is 4.74 Å². The molecular formula is C5H7Cl2NO. The van der Waals surface area contributed by atoms with E-state index in [4.69, 9.17) is 22.1 Å². The van der Waals surface area contributed by atoms with E-state index in [9.17, 15) is 0 Å². The summed E-state index contributed by atoms with van der Waals surface area (Å²) in [6, 6.07) is 0. The van der Waals surface area contributed by atoms with Crippen LogP contribution in [0, 0.1) is 0 Å². The predicted octanol–water partition coefficient (Wildman–Crippen LogP) is 1.36. The Kier molecular flexibility index (Phi) is 3.70. The van der Waals surface area contributed by atoms with Crippen LogP contribution in [-0.4, -0.2) is 6.23 Å². The molecule has 0 aromatic carbocycles. The highest BCUT2D eigenvalue weighted by Gasteiger charge is 2.06. The van der Waals surface area contributed by atoms with Crippen molar-refractivity contribution in [3.05, 3.63) is 23.4 Å². The van der Waals surface area contributed by atoms with E-state index in [1.165, 1.54) is 6.26 Å². The lowest BCUT2D eigenvalue weighted by Gasteiger charge is -2.11. The normalized spacial score (nSPS) is 23.8. The van der Waals surface area contributed by atoms with Gasteiger partial charge in [-0.05, 0) is 12.2 Å². The van der Waals surface area contributed by atoms with Gasteiger partial charge in [0.2, 0.25) is 0 Å². The van der Waals surface area contributed by atoms with Crippen LogP contribution in [0.3, 0.4) is 0 Å². The number of ether oxygens (including phenoxy) is 1. The molecule has 1 aliphatic rings. The summed E-state index contributed by atoms with van der Waals surface area (Å²) in [7, 11) is 0. The monoisotopic (exact) mass is 167 g/mol. The molecule has 0 aliphatic carbocycles. The maximum absolute atomic E-state index is 5.53. The minimum Gasteiger partial charge on any atom is -0.478 e. The van der Waals surface area contributed by atoms with Crippen molar-refractivity contribution in [2.75, 3.05) is 0 Å². The second kappa shape index (κ2) is 3.77. The zero-order valence-corrected chi connectivity index (χ0v) is 6.15. The third-order valence-corrected chi connectivity index (χ3v) is 1.17. The van der Waals surface area contributed by atoms with E-state index in [1.807, 2.05) is 0 Å². The first kappa shape index (κ1) is 8.82. The topological polar surface area (TPSA) is 35.2 Å². The SMILES string of the molecule is Cl.NC1OC=CC=C1Cl. The smallest absolute Gasteiger partial charge is 0.183 e. The zero-order valence-electron chi connectivity index (χ0n) is 4.58. The van der Waals surface area contributed by atoms with E-state index in [1.54, 1.807) is 12.2 Å². The van der Waals surface area contributed by atoms with Gasteiger partial charge in [0.15, 0.2) is 6.23 Å². The molecule has 0 saturated carbocycles. The summed E-state index contributed by atoms with van der Waals surface area (Å²) in [5.74, 6) is 0. The van der Waals surface area contributed by atoms with Crippen LogP contribution in [0.25, 0.3) is 0 Å². The van der Waals surface area contributed by atoms with Crippen LogP contribution in [0.5, 0.6) is 0 Å². The quantitative estimate of drug-likeness (QED) is 0.592. The Morgan fingerprint density at radius 1 is 1.67 bits per heavy atom. The van der Waals surface area contributed by atoms with Crippen molar-refractivity contribution in [2.24, 2.45) is 5.73 Å². The molecule has 0 bridgehead atoms. The van der Waals surface area contributed by atoms with Crippen molar-refractivity contribution in [3.63, 3.8) is 0 Å². The van der Waals surface area contributed by atoms with Crippen LogP contribution < -0.4 is 5.73 Å². The lowest BCUT2D eigenvalue weighted by molar-refractivity contribution is 0.185. The molecule has 1 rings (SSSR count). The highest BCUT2D eigenvalue weighted by atomic mass is 35.5. The summed E-state index contributed by atoms with van der Waals surface area (Å²) in [5, 5.41) is 0.535. The van der Waals surface area contributed by atoms with Crippen LogP contribution in [0.4, 0.5) is 0 Å². The molecule has 4 heteroatoms. The van der Waals surface area contributed by atoms with Crippen LogP contribution in [0.2, 0.25) is 0 Å². The molecule has 0 spiro atoms. The van der Waals surface area contributed by atoms with Crippen molar-refractivity contribution in [3.8, 4) is 0 Å². The van der Waals surface area contributed by atoms with E-state index in [-0.39, 0.29) is 12.4 Å². The highest BCUT2D eigenvalue weighted by Crippen LogP contribution is 2.11. The van der Waals surface area contributed by atoms with Crippen molar-refractivity contribution < 1.29 is 4.74 Å². The standard InChI is InChI=1S/C5H6ClNO.ClH/c6-4-2-1-3-8-5(4)7;/h1-3,5H,7H2;1H. The molecule has 52 valence electrons. The molecule has 9 heavy (non-hydrogen) atoms. The van der Waals surface area contributed by atoms with Gasteiger partial charge in [0, 0.05) is 0 Å². The maximum Gasteiger partial charge on any atom is 0.183 e. The van der Waals surface area contributed by atoms with Crippen molar-refractivity contribution >= 4 is 24.0 Å². The number of halogens is 2. The van der Waals surface area contributed by atoms with Gasteiger partial charge in [-0.15, -0.1) is 12.4 Å². The molecule has 0 fully saturated rings. The van der Waals surface area contributed by atoms with Gasteiger partial charge in [-0.25, -0.2) is 0 Å². The summed E-state index contributed by atoms with van der Waals surface area (Å²) >= 11 is 5.53. The molecule has 1 heterocycles. The molecule has 1 atom stereocenters. The van der Waals surface area contributed by atoms with Gasteiger partial charge in [-0.3, -0.25) is 5.73 Å². The molecule has 0 saturated heterocycles. The lowest BCUT2D eigenvalue weighted by Crippen LogP contribution is -2.22. The molecular weight excluding hydrogens is 161 g/mol. The third kappa shape index (κ3) is 2.26. The Morgan fingerprint density at radius 3 is 2.67 bits per heavy atom. The summed E-state index contributed by atoms with van der Waals surface area (Å²) in [6.07, 6.45) is 4.46. The fourth-order valence-corrected chi connectivity index (χ4v) is 0.545. The minimum absolute atomic E-state index is 0. The highest BCUT2D eigenvalue weighted by molar-refractivity contribution is 6.30. The number of hydrogen-bond acceptors (Lipinski definition) is 2. The van der Waals surface area contributed by atoms with Gasteiger partial charge in [0.1, 0.15) is 0 Å². The fraction of sp³-hybridized carbons (Fsp3) is 0.200. The van der Waals surface area contributed by atoms with E-state index >= 15 is 0 Å². The van der Waals surface area contributed by atoms with E-state index in [2.05, 4.69) is 0 Å². The Morgan fingerprint density at radius 2 is 2.33 bits per heavy atom. The Labute approximate surface area is 64.7 Å². The third-order valence-electron chi connectivity index (χ3n) is 0.831. The second-order valence-corrected chi connectivity index (χ2v) is 1.87. The molecule has 1 aliphatic heterocycles. The van der Waals surface area contributed by atoms with E-state index in [0.717, 1.165) is 0 Å². The molecule has 2 nitrogen and oxygen atoms in total. The molecule has 0 aromatic heterocycles. The summed E-state index contributed by atoms with van der Waals surface area (Å²) in [4.78, 5) is 0. The first-order chi connectivity index (χ1) is 3.80. The summed E-state index contributed by atoms with van der Waals surface area (Å²) in [5.41, 5.74) is 5.30. The number of hydrogen-bond donors (Lipinski definition) is 1. The second-order valence-electron chi connectivity index (χ2n) is 1.44. The van der Waals surface area contributed by atoms with Gasteiger partial charge >= 0.3 is 0 Å². The molecule has 0 radical (unpaired) electrons. The first-order valence-corrected chi connectivity index (χ1v) is 2.62. The van der Waals surface area contributed by atoms with Gasteiger partial charge in [0.25, 0.3) is 0 Å². The van der Waals surface area contributed by atoms with Crippen LogP contribution in [0.15, 0.2) is 23.4 Å². The predicted molar refractivity (Wildman–Crippen MR) is 39.4 cm³/mol. The summed E-state index contributed by atoms with van der Waals surface area (Å²) < 4.78 is 4.79. The van der Waals surface area contributed by atoms with Gasteiger partial charge in [-0.1, -0.05) is 11.6 Å². The zero-order chi connectivity index (χ0) is 5.98. The van der Waals surface area contributed by atoms with Gasteiger partial charge in [0.05, 0.1) is 11.3 Å². The maximum atomic E-state index is 5.53. The molecule has 1 unspecified atom stereocenters. The van der Waals surface area contributed by atoms with Gasteiger partial charge in [-0.2, -0.15) is 0 Å². The van der Waals surface area contributed by atoms with Crippen molar-refractivity contribution in [1.29, 1.82) is 0 Å². The molecule has 2 N–H and O–H groups in total. The fourth-order valence-electron chi connectivity index (χ4n) is 0.421. The Bertz CT molecular complexity index is 144. The van der Waals surface area contributed by atoms with Crippen molar-refractivity contribution in [2.45, 2.75) is 6.23 Å².